The van der Waals surface area contributed by atoms with Crippen LogP contribution >= 0.6 is 0 Å². The Hall–Kier alpha value is -2.81. The highest BCUT2D eigenvalue weighted by molar-refractivity contribution is 5.87. The Bertz CT molecular complexity index is 823. The summed E-state index contributed by atoms with van der Waals surface area (Å²) in [6.45, 7) is 3.19. The fraction of sp³-hybridized carbons (Fsp3) is 0.190. The van der Waals surface area contributed by atoms with Gasteiger partial charge in [0, 0.05) is 11.3 Å². The fourth-order valence-electron chi connectivity index (χ4n) is 3.58. The average Bonchev–Trinajstić information content (AvgIpc) is 3.20. The predicted molar refractivity (Wildman–Crippen MR) is 94.4 cm³/mol. The molecule has 0 radical (unpaired) electrons. The van der Waals surface area contributed by atoms with E-state index < -0.39 is 0 Å². The van der Waals surface area contributed by atoms with E-state index in [1.54, 1.807) is 4.90 Å². The van der Waals surface area contributed by atoms with E-state index in [1.165, 1.54) is 5.56 Å². The Morgan fingerprint density at radius 3 is 2.29 bits per heavy atom. The molecular formula is C21H19NO2. The van der Waals surface area contributed by atoms with E-state index in [2.05, 4.69) is 43.3 Å². The van der Waals surface area contributed by atoms with Crippen LogP contribution in [0.3, 0.4) is 0 Å². The average molecular weight is 317 g/mol. The molecule has 0 saturated carbocycles. The van der Waals surface area contributed by atoms with Gasteiger partial charge in [-0.1, -0.05) is 72.8 Å². The topological polar surface area (TPSA) is 29.5 Å². The summed E-state index contributed by atoms with van der Waals surface area (Å²) in [6.07, 6.45) is 4.05. The zero-order chi connectivity index (χ0) is 16.6. The van der Waals surface area contributed by atoms with E-state index in [1.807, 2.05) is 36.4 Å². The number of carbonyl (C=O) groups excluding carboxylic acids is 1. The van der Waals surface area contributed by atoms with Crippen molar-refractivity contribution >= 4 is 11.7 Å². The maximum absolute atomic E-state index is 12.3. The normalized spacial score (nSPS) is 23.0. The monoisotopic (exact) mass is 317 g/mol. The van der Waals surface area contributed by atoms with Gasteiger partial charge in [0.2, 0.25) is 0 Å². The van der Waals surface area contributed by atoms with Crippen LogP contribution in [0, 0.1) is 0 Å². The van der Waals surface area contributed by atoms with E-state index >= 15 is 0 Å². The first-order valence-corrected chi connectivity index (χ1v) is 8.19. The number of hydrogen-bond acceptors (Lipinski definition) is 2. The van der Waals surface area contributed by atoms with E-state index in [-0.39, 0.29) is 11.5 Å². The number of amides is 1. The van der Waals surface area contributed by atoms with Crippen LogP contribution in [0.15, 0.2) is 78.5 Å². The Morgan fingerprint density at radius 1 is 1.00 bits per heavy atom. The van der Waals surface area contributed by atoms with Crippen molar-refractivity contribution in [1.29, 1.82) is 0 Å². The smallest absolute Gasteiger partial charge is 0.414 e. The predicted octanol–water partition coefficient (Wildman–Crippen LogP) is 4.38. The molecule has 1 aliphatic heterocycles. The van der Waals surface area contributed by atoms with Gasteiger partial charge in [-0.3, -0.25) is 4.90 Å². The van der Waals surface area contributed by atoms with Crippen molar-refractivity contribution < 1.29 is 9.53 Å². The van der Waals surface area contributed by atoms with Gasteiger partial charge in [-0.2, -0.15) is 0 Å². The molecule has 1 fully saturated rings. The van der Waals surface area contributed by atoms with Gasteiger partial charge < -0.3 is 4.74 Å². The molecule has 2 aliphatic rings. The minimum atomic E-state index is -0.351. The van der Waals surface area contributed by atoms with Gasteiger partial charge in [-0.25, -0.2) is 4.79 Å². The summed E-state index contributed by atoms with van der Waals surface area (Å²) in [5, 5.41) is 0. The van der Waals surface area contributed by atoms with E-state index in [0.717, 1.165) is 16.8 Å². The summed E-state index contributed by atoms with van der Waals surface area (Å²) < 4.78 is 5.22. The lowest BCUT2D eigenvalue weighted by molar-refractivity contribution is 0.162. The van der Waals surface area contributed by atoms with Crippen molar-refractivity contribution in [1.82, 2.24) is 4.90 Å². The lowest BCUT2D eigenvalue weighted by atomic mass is 9.80. The third-order valence-corrected chi connectivity index (χ3v) is 4.82. The molecule has 24 heavy (non-hydrogen) atoms. The number of nitrogens with zero attached hydrogens (tertiary/aromatic N) is 1. The first kappa shape index (κ1) is 14.8. The van der Waals surface area contributed by atoms with Gasteiger partial charge in [0.1, 0.15) is 6.61 Å². The van der Waals surface area contributed by atoms with Crippen molar-refractivity contribution in [3.63, 3.8) is 0 Å². The van der Waals surface area contributed by atoms with Crippen LogP contribution in [0.2, 0.25) is 0 Å². The summed E-state index contributed by atoms with van der Waals surface area (Å²) in [6, 6.07) is 20.5. The van der Waals surface area contributed by atoms with Crippen molar-refractivity contribution in [2.45, 2.75) is 12.3 Å². The first-order chi connectivity index (χ1) is 11.7. The van der Waals surface area contributed by atoms with Crippen LogP contribution in [0.1, 0.15) is 18.1 Å². The quantitative estimate of drug-likeness (QED) is 0.841. The fourth-order valence-corrected chi connectivity index (χ4v) is 3.58. The highest BCUT2D eigenvalue weighted by Gasteiger charge is 2.42. The van der Waals surface area contributed by atoms with E-state index in [0.29, 0.717) is 13.2 Å². The number of ether oxygens (including phenoxy) is 1. The summed E-state index contributed by atoms with van der Waals surface area (Å²) in [7, 11) is 0. The van der Waals surface area contributed by atoms with Crippen LogP contribution in [0.25, 0.3) is 5.57 Å². The van der Waals surface area contributed by atoms with Gasteiger partial charge in [-0.05, 0) is 18.1 Å². The summed E-state index contributed by atoms with van der Waals surface area (Å²) >= 11 is 0. The first-order valence-electron chi connectivity index (χ1n) is 8.19. The number of hydrogen-bond donors (Lipinski definition) is 0. The Balaban J connectivity index is 1.91. The van der Waals surface area contributed by atoms with Crippen LogP contribution in [-0.2, 0) is 10.2 Å². The molecule has 1 heterocycles. The molecule has 2 aromatic rings. The Labute approximate surface area is 141 Å². The summed E-state index contributed by atoms with van der Waals surface area (Å²) in [5.74, 6) is 0. The lowest BCUT2D eigenvalue weighted by Gasteiger charge is -2.32. The molecule has 3 heteroatoms. The lowest BCUT2D eigenvalue weighted by Crippen LogP contribution is -2.35. The third-order valence-electron chi connectivity index (χ3n) is 4.82. The molecule has 0 aromatic heterocycles. The standard InChI is InChI=1S/C21H19NO2/c1-21(17-10-6-3-7-11-17)13-12-18(16-8-4-2-5-9-16)19(21)22-14-15-24-20(22)23/h2-13H,14-15H2,1H3/t21-/m1/s1. The summed E-state index contributed by atoms with van der Waals surface area (Å²) in [4.78, 5) is 14.1. The minimum Gasteiger partial charge on any atom is -0.447 e. The molecular weight excluding hydrogens is 298 g/mol. The maximum atomic E-state index is 12.3. The molecule has 0 spiro atoms. The van der Waals surface area contributed by atoms with Crippen LogP contribution in [0.5, 0.6) is 0 Å². The van der Waals surface area contributed by atoms with Crippen LogP contribution in [-0.4, -0.2) is 24.1 Å². The third kappa shape index (κ3) is 2.24. The molecule has 0 unspecified atom stereocenters. The molecule has 1 atom stereocenters. The Morgan fingerprint density at radius 2 is 1.67 bits per heavy atom. The van der Waals surface area contributed by atoms with Crippen LogP contribution in [0.4, 0.5) is 4.79 Å². The molecule has 1 saturated heterocycles. The van der Waals surface area contributed by atoms with Gasteiger partial charge in [0.15, 0.2) is 0 Å². The SMILES string of the molecule is C[C@]1(c2ccccc2)C=CC(c2ccccc2)=C1N1CCOC1=O. The highest BCUT2D eigenvalue weighted by atomic mass is 16.6. The molecule has 3 nitrogen and oxygen atoms in total. The molecule has 2 aromatic carbocycles. The molecule has 1 amide bonds. The van der Waals surface area contributed by atoms with E-state index in [9.17, 15) is 4.79 Å². The largest absolute Gasteiger partial charge is 0.447 e. The molecule has 1 aliphatic carbocycles. The van der Waals surface area contributed by atoms with Gasteiger partial charge >= 0.3 is 6.09 Å². The highest BCUT2D eigenvalue weighted by Crippen LogP contribution is 2.45. The number of rotatable bonds is 3. The van der Waals surface area contributed by atoms with Crippen molar-refractivity contribution in [2.24, 2.45) is 0 Å². The molecule has 0 bridgehead atoms. The summed E-state index contributed by atoms with van der Waals surface area (Å²) in [5.41, 5.74) is 4.02. The van der Waals surface area contributed by atoms with Gasteiger partial charge in [0.05, 0.1) is 12.0 Å². The molecule has 0 N–H and O–H groups in total. The van der Waals surface area contributed by atoms with Crippen molar-refractivity contribution in [3.05, 3.63) is 89.6 Å². The Kier molecular flexibility index (Phi) is 3.49. The van der Waals surface area contributed by atoms with Gasteiger partial charge in [0.25, 0.3) is 0 Å². The zero-order valence-corrected chi connectivity index (χ0v) is 13.6. The second kappa shape index (κ2) is 5.68. The number of benzene rings is 2. The maximum Gasteiger partial charge on any atom is 0.414 e. The second-order valence-electron chi connectivity index (χ2n) is 6.30. The number of cyclic esters (lactones) is 1. The van der Waals surface area contributed by atoms with Crippen molar-refractivity contribution in [2.75, 3.05) is 13.2 Å². The minimum absolute atomic E-state index is 0.260. The number of allylic oxidation sites excluding steroid dienone is 3. The molecule has 120 valence electrons. The van der Waals surface area contributed by atoms with Crippen LogP contribution < -0.4 is 0 Å². The van der Waals surface area contributed by atoms with Gasteiger partial charge in [-0.15, -0.1) is 0 Å². The number of carbonyl (C=O) groups is 1. The van der Waals surface area contributed by atoms with Crippen molar-refractivity contribution in [3.8, 4) is 0 Å². The zero-order valence-electron chi connectivity index (χ0n) is 13.6. The molecule has 4 rings (SSSR count). The van der Waals surface area contributed by atoms with E-state index in [4.69, 9.17) is 4.74 Å². The second-order valence-corrected chi connectivity index (χ2v) is 6.30.